The van der Waals surface area contributed by atoms with Crippen LogP contribution in [0.25, 0.3) is 0 Å². The number of carboxylic acids is 1. The maximum absolute atomic E-state index is 10.7. The van der Waals surface area contributed by atoms with Crippen LogP contribution in [0.15, 0.2) is 0 Å². The maximum atomic E-state index is 10.7. The second kappa shape index (κ2) is 9.36. The third-order valence-electron chi connectivity index (χ3n) is 2.48. The summed E-state index contributed by atoms with van der Waals surface area (Å²) in [5.41, 5.74) is 4.70. The van der Waals surface area contributed by atoms with Gasteiger partial charge in [0.2, 0.25) is 0 Å². The Morgan fingerprint density at radius 2 is 1.71 bits per heavy atom. The van der Waals surface area contributed by atoms with E-state index in [1.807, 2.05) is 10.6 Å². The first-order chi connectivity index (χ1) is 11.0. The van der Waals surface area contributed by atoms with Gasteiger partial charge in [-0.3, -0.25) is 10.1 Å². The van der Waals surface area contributed by atoms with Crippen molar-refractivity contribution in [2.75, 3.05) is 0 Å². The van der Waals surface area contributed by atoms with Gasteiger partial charge >= 0.3 is 18.0 Å². The van der Waals surface area contributed by atoms with Crippen molar-refractivity contribution in [1.29, 1.82) is 0 Å². The summed E-state index contributed by atoms with van der Waals surface area (Å²) in [4.78, 5) is 51.2. The number of carboxylic acid groups (broad SMARTS) is 1. The number of aliphatic carboxylic acids is 1. The third-order valence-corrected chi connectivity index (χ3v) is 2.48. The predicted octanol–water partition coefficient (Wildman–Crippen LogP) is -5.47. The Morgan fingerprint density at radius 1 is 1.17 bits per heavy atom. The van der Waals surface area contributed by atoms with Crippen molar-refractivity contribution < 1.29 is 49.5 Å². The molecule has 14 nitrogen and oxygen atoms in total. The van der Waals surface area contributed by atoms with Gasteiger partial charge in [0, 0.05) is 0 Å². The first kappa shape index (κ1) is 21.2. The number of urea groups is 2. The minimum absolute atomic E-state index is 0.0809. The van der Waals surface area contributed by atoms with Crippen LogP contribution in [-0.4, -0.2) is 86.3 Å². The van der Waals surface area contributed by atoms with Crippen molar-refractivity contribution >= 4 is 30.2 Å². The molecule has 0 bridgehead atoms. The van der Waals surface area contributed by atoms with Crippen LogP contribution < -0.4 is 21.7 Å². The molecule has 1 fully saturated rings. The monoisotopic (exact) mass is 352 g/mol. The smallest absolute Gasteiger partial charge is 0.335 e. The summed E-state index contributed by atoms with van der Waals surface area (Å²) in [6.45, 7) is 0. The zero-order chi connectivity index (χ0) is 19.0. The van der Waals surface area contributed by atoms with E-state index in [0.717, 1.165) is 0 Å². The molecular weight excluding hydrogens is 336 g/mol. The molecule has 0 aromatic heterocycles. The summed E-state index contributed by atoms with van der Waals surface area (Å²) in [5, 5.41) is 49.2. The third kappa shape index (κ3) is 6.53. The quantitative estimate of drug-likeness (QED) is 0.162. The summed E-state index contributed by atoms with van der Waals surface area (Å²) >= 11 is 0. The molecule has 0 radical (unpaired) electrons. The lowest BCUT2D eigenvalue weighted by atomic mass is 10.0. The number of aldehydes is 1. The first-order valence-electron chi connectivity index (χ1n) is 6.09. The Morgan fingerprint density at radius 3 is 2.04 bits per heavy atom. The van der Waals surface area contributed by atoms with Gasteiger partial charge in [0.1, 0.15) is 18.3 Å². The average Bonchev–Trinajstić information content (AvgIpc) is 2.81. The van der Waals surface area contributed by atoms with Crippen molar-refractivity contribution in [2.24, 2.45) is 5.73 Å². The predicted molar refractivity (Wildman–Crippen MR) is 70.9 cm³/mol. The minimum atomic E-state index is -2.25. The second-order valence-electron chi connectivity index (χ2n) is 4.30. The van der Waals surface area contributed by atoms with Gasteiger partial charge in [-0.25, -0.2) is 14.4 Å². The number of amides is 5. The summed E-state index contributed by atoms with van der Waals surface area (Å²) in [7, 11) is 0. The number of carbonyl (C=O) groups is 5. The number of primary amides is 1. The number of carbonyl (C=O) groups excluding carboxylic acids is 4. The van der Waals surface area contributed by atoms with E-state index in [1.165, 1.54) is 0 Å². The number of nitrogens with two attached hydrogens (primary N) is 1. The van der Waals surface area contributed by atoms with E-state index < -0.39 is 54.5 Å². The Kier molecular flexibility index (Phi) is 8.26. The van der Waals surface area contributed by atoms with Gasteiger partial charge in [-0.15, -0.1) is 0 Å². The molecule has 5 amide bonds. The van der Waals surface area contributed by atoms with Crippen molar-refractivity contribution in [3.63, 3.8) is 0 Å². The van der Waals surface area contributed by atoms with Crippen molar-refractivity contribution in [2.45, 2.75) is 30.6 Å². The van der Waals surface area contributed by atoms with Crippen LogP contribution in [0.1, 0.15) is 0 Å². The Hall–Kier alpha value is -2.81. The van der Waals surface area contributed by atoms with Crippen molar-refractivity contribution in [1.82, 2.24) is 16.0 Å². The fraction of sp³-hybridized carbons (Fsp3) is 0.500. The zero-order valence-corrected chi connectivity index (χ0v) is 11.8. The molecule has 0 saturated carbocycles. The second-order valence-corrected chi connectivity index (χ2v) is 4.30. The molecule has 0 aliphatic carbocycles. The Balaban J connectivity index is 0.000000446. The number of hydrogen-bond acceptors (Lipinski definition) is 9. The molecular formula is C10H16N4O10. The summed E-state index contributed by atoms with van der Waals surface area (Å²) in [5.74, 6) is -2.38. The van der Waals surface area contributed by atoms with Gasteiger partial charge in [0.15, 0.2) is 18.6 Å². The van der Waals surface area contributed by atoms with Crippen LogP contribution in [0.3, 0.4) is 0 Å². The molecule has 1 aliphatic heterocycles. The summed E-state index contributed by atoms with van der Waals surface area (Å²) < 4.78 is 0. The van der Waals surface area contributed by atoms with Gasteiger partial charge in [0.25, 0.3) is 5.91 Å². The number of imide groups is 1. The molecule has 1 aliphatic rings. The van der Waals surface area contributed by atoms with Gasteiger partial charge in [-0.2, -0.15) is 0 Å². The topological polar surface area (TPSA) is 249 Å². The number of aliphatic hydroxyl groups is 4. The summed E-state index contributed by atoms with van der Waals surface area (Å²) in [6.07, 6.45) is -9.43. The normalized spacial score (nSPS) is 21.1. The lowest BCUT2D eigenvalue weighted by Crippen LogP contribution is -2.48. The fourth-order valence-corrected chi connectivity index (χ4v) is 1.28. The minimum Gasteiger partial charge on any atom is -0.479 e. The molecule has 0 spiro atoms. The highest BCUT2D eigenvalue weighted by Crippen LogP contribution is 2.03. The zero-order valence-electron chi connectivity index (χ0n) is 11.8. The SMILES string of the molecule is NC(=O)NC1NC(=O)NC1=O.O=C[C@H](O)[C@@H](O)[C@@H](O)[C@H](O)C(=O)O. The van der Waals surface area contributed by atoms with Gasteiger partial charge in [-0.05, 0) is 0 Å². The Bertz CT molecular complexity index is 512. The fourth-order valence-electron chi connectivity index (χ4n) is 1.28. The maximum Gasteiger partial charge on any atom is 0.335 e. The average molecular weight is 352 g/mol. The van der Waals surface area contributed by atoms with E-state index in [1.54, 1.807) is 0 Å². The van der Waals surface area contributed by atoms with Crippen molar-refractivity contribution in [3.8, 4) is 0 Å². The van der Waals surface area contributed by atoms with Crippen LogP contribution in [0, 0.1) is 0 Å². The molecule has 1 heterocycles. The molecule has 24 heavy (non-hydrogen) atoms. The van der Waals surface area contributed by atoms with Gasteiger partial charge in [0.05, 0.1) is 0 Å². The first-order valence-corrected chi connectivity index (χ1v) is 6.09. The van der Waals surface area contributed by atoms with Gasteiger partial charge < -0.3 is 46.7 Å². The van der Waals surface area contributed by atoms with Crippen LogP contribution in [0.5, 0.6) is 0 Å². The number of hydrogen-bond donors (Lipinski definition) is 9. The highest BCUT2D eigenvalue weighted by molar-refractivity contribution is 6.05. The number of rotatable bonds is 6. The van der Waals surface area contributed by atoms with E-state index >= 15 is 0 Å². The number of aliphatic hydroxyl groups excluding tert-OH is 4. The van der Waals surface area contributed by atoms with E-state index in [2.05, 4.69) is 5.32 Å². The Labute approximate surface area is 133 Å². The molecule has 14 heteroatoms. The van der Waals surface area contributed by atoms with Crippen molar-refractivity contribution in [3.05, 3.63) is 0 Å². The van der Waals surface area contributed by atoms with Crippen LogP contribution in [-0.2, 0) is 14.4 Å². The lowest BCUT2D eigenvalue weighted by Gasteiger charge is -2.21. The number of nitrogens with one attached hydrogen (secondary N) is 3. The highest BCUT2D eigenvalue weighted by Gasteiger charge is 2.34. The highest BCUT2D eigenvalue weighted by atomic mass is 16.4. The van der Waals surface area contributed by atoms with E-state index in [4.69, 9.17) is 31.3 Å². The molecule has 10 N–H and O–H groups in total. The molecule has 136 valence electrons. The molecule has 5 atom stereocenters. The molecule has 0 aromatic carbocycles. The van der Waals surface area contributed by atoms with E-state index in [-0.39, 0.29) is 6.29 Å². The van der Waals surface area contributed by atoms with Crippen LogP contribution in [0.2, 0.25) is 0 Å². The summed E-state index contributed by atoms with van der Waals surface area (Å²) in [6, 6.07) is -1.51. The van der Waals surface area contributed by atoms with Crippen LogP contribution >= 0.6 is 0 Å². The van der Waals surface area contributed by atoms with Crippen LogP contribution in [0.4, 0.5) is 9.59 Å². The molecule has 0 aromatic rings. The molecule has 1 saturated heterocycles. The standard InChI is InChI=1S/C6H10O7.C4H6N4O3/c7-1-2(8)3(9)4(10)5(11)6(12)13;5-3(10)6-1-2(9)8-4(11)7-1/h1-5,8-11H,(H,12,13);1H,(H3,5,6,10)(H2,7,8,9,11)/t2-,3+,4+,5-;/m0./s1. The van der Waals surface area contributed by atoms with E-state index in [9.17, 15) is 24.0 Å². The molecule has 1 rings (SSSR count). The van der Waals surface area contributed by atoms with E-state index in [0.29, 0.717) is 0 Å². The van der Waals surface area contributed by atoms with Gasteiger partial charge in [-0.1, -0.05) is 0 Å². The largest absolute Gasteiger partial charge is 0.479 e. The lowest BCUT2D eigenvalue weighted by molar-refractivity contribution is -0.163. The molecule has 1 unspecified atom stereocenters.